The van der Waals surface area contributed by atoms with E-state index < -0.39 is 70.9 Å². The first-order valence-corrected chi connectivity index (χ1v) is 25.4. The van der Waals surface area contributed by atoms with E-state index in [-0.39, 0.29) is 70.3 Å². The van der Waals surface area contributed by atoms with E-state index in [1.165, 1.54) is 88.0 Å². The number of phenolic OH excluding ortho intramolecular Hbond substituents is 1. The number of aliphatic hydroxyl groups is 4. The van der Waals surface area contributed by atoms with E-state index in [2.05, 4.69) is 16.9 Å². The van der Waals surface area contributed by atoms with Gasteiger partial charge in [-0.3, -0.25) is 15.6 Å². The molecule has 4 saturated heterocycles. The van der Waals surface area contributed by atoms with Gasteiger partial charge < -0.3 is 49.6 Å². The van der Waals surface area contributed by atoms with Gasteiger partial charge >= 0.3 is 5.97 Å². The van der Waals surface area contributed by atoms with Crippen LogP contribution in [0, 0.1) is 46.3 Å². The number of rotatable bonds is 6. The molecule has 5 heterocycles. The van der Waals surface area contributed by atoms with Gasteiger partial charge in [0.25, 0.3) is 0 Å². The molecule has 4 bridgehead atoms. The number of fused-ring (bicyclic) bond motifs is 5. The minimum absolute atomic E-state index is 0.00595. The Kier molecular flexibility index (Phi) is 9.48. The summed E-state index contributed by atoms with van der Waals surface area (Å²) in [7, 11) is 0. The van der Waals surface area contributed by atoms with Crippen molar-refractivity contribution < 1.29 is 59.2 Å². The number of hydrogen-bond acceptors (Lipinski definition) is 13. The molecule has 5 aliphatic heterocycles. The Balaban J connectivity index is 0.929. The summed E-state index contributed by atoms with van der Waals surface area (Å²) in [6, 6.07) is 4.50. The van der Waals surface area contributed by atoms with Gasteiger partial charge in [0.2, 0.25) is 6.29 Å². The van der Waals surface area contributed by atoms with E-state index in [1.807, 2.05) is 0 Å². The first-order valence-electron chi connectivity index (χ1n) is 25.4. The van der Waals surface area contributed by atoms with Crippen LogP contribution in [-0.4, -0.2) is 116 Å². The third-order valence-electron chi connectivity index (χ3n) is 20.8. The van der Waals surface area contributed by atoms with E-state index in [0.29, 0.717) is 54.9 Å². The quantitative estimate of drug-likeness (QED) is 0.164. The zero-order valence-electron chi connectivity index (χ0n) is 38.7. The number of carboxylic acids is 1. The SMILES string of the molecule is CC(=O)c1c(C)cc2cc(C(=O)O)cc(O[C@@H]3O[C@@H]4[C@@H](O)CC[C@H]5O[C@@]4(C[C@@H]4C6=C5CC=C6[C@]5(CCO)COC[C@@H]6C[C@]78C[C@@]4(NN[C@H]7C[C@@]4(CCCC47CCCC7)C8)[C@H]65)[C@H](O)[C@H]3O)c2c1O. The molecule has 0 unspecified atom stereocenters. The van der Waals surface area contributed by atoms with Crippen LogP contribution in [0.2, 0.25) is 0 Å². The number of aromatic hydroxyl groups is 1. The van der Waals surface area contributed by atoms with E-state index >= 15 is 0 Å². The van der Waals surface area contributed by atoms with Gasteiger partial charge in [0.15, 0.2) is 5.78 Å². The number of nitrogens with one attached hydrogen (secondary N) is 2. The van der Waals surface area contributed by atoms with E-state index in [1.54, 1.807) is 13.0 Å². The summed E-state index contributed by atoms with van der Waals surface area (Å²) >= 11 is 0. The van der Waals surface area contributed by atoms with Gasteiger partial charge in [0.05, 0.1) is 35.3 Å². The Morgan fingerprint density at radius 2 is 1.76 bits per heavy atom. The molecule has 5 saturated carbocycles. The molecule has 14 heteroatoms. The van der Waals surface area contributed by atoms with Crippen LogP contribution in [0.3, 0.4) is 0 Å². The van der Waals surface area contributed by atoms with Gasteiger partial charge in [0, 0.05) is 36.1 Å². The van der Waals surface area contributed by atoms with Crippen molar-refractivity contribution in [1.82, 2.24) is 10.9 Å². The Morgan fingerprint density at radius 1 is 0.970 bits per heavy atom. The smallest absolute Gasteiger partial charge is 0.335 e. The van der Waals surface area contributed by atoms with Crippen molar-refractivity contribution in [2.24, 2.45) is 39.4 Å². The van der Waals surface area contributed by atoms with Gasteiger partial charge in [-0.15, -0.1) is 0 Å². The highest BCUT2D eigenvalue weighted by Crippen LogP contribution is 2.78. The summed E-state index contributed by atoms with van der Waals surface area (Å²) in [5.41, 5.74) is 10.2. The maximum Gasteiger partial charge on any atom is 0.335 e. The molecule has 14 nitrogen and oxygen atoms in total. The van der Waals surface area contributed by atoms with Crippen LogP contribution < -0.4 is 15.6 Å². The van der Waals surface area contributed by atoms with Gasteiger partial charge in [0.1, 0.15) is 35.4 Å². The monoisotopic (exact) mass is 922 g/mol. The maximum absolute atomic E-state index is 13.0. The molecule has 2 aromatic rings. The highest BCUT2D eigenvalue weighted by molar-refractivity contribution is 6.08. The van der Waals surface area contributed by atoms with Crippen LogP contribution in [-0.2, 0) is 14.2 Å². The molecule has 360 valence electrons. The molecule has 67 heavy (non-hydrogen) atoms. The molecule has 8 N–H and O–H groups in total. The van der Waals surface area contributed by atoms with Crippen molar-refractivity contribution in [2.45, 2.75) is 171 Å². The number of hydrogen-bond donors (Lipinski definition) is 8. The molecule has 6 aliphatic carbocycles. The van der Waals surface area contributed by atoms with Gasteiger partial charge in [-0.1, -0.05) is 31.4 Å². The molecule has 15 atom stereocenters. The Bertz CT molecular complexity index is 2540. The number of carbonyl (C=O) groups is 2. The summed E-state index contributed by atoms with van der Waals surface area (Å²) < 4.78 is 27.3. The van der Waals surface area contributed by atoms with Crippen molar-refractivity contribution in [3.63, 3.8) is 0 Å². The predicted molar refractivity (Wildman–Crippen MR) is 242 cm³/mol. The molecule has 2 aromatic carbocycles. The second-order valence-electron chi connectivity index (χ2n) is 23.5. The number of hydrazine groups is 1. The van der Waals surface area contributed by atoms with Crippen LogP contribution >= 0.6 is 0 Å². The van der Waals surface area contributed by atoms with Gasteiger partial charge in [-0.25, -0.2) is 4.79 Å². The fourth-order valence-corrected chi connectivity index (χ4v) is 18.8. The lowest BCUT2D eigenvalue weighted by Gasteiger charge is -2.72. The second-order valence-corrected chi connectivity index (χ2v) is 23.5. The average molecular weight is 923 g/mol. The number of carbonyl (C=O) groups excluding carboxylic acids is 1. The van der Waals surface area contributed by atoms with Crippen molar-refractivity contribution in [3.8, 4) is 11.5 Å². The first-order chi connectivity index (χ1) is 32.1. The number of aliphatic hydroxyl groups excluding tert-OH is 4. The number of Topliss-reactive ketones (excluding diaryl/α,β-unsaturated/α-hetero) is 1. The summed E-state index contributed by atoms with van der Waals surface area (Å²) in [6.45, 7) is 4.17. The zero-order valence-corrected chi connectivity index (χ0v) is 38.7. The minimum Gasteiger partial charge on any atom is -0.506 e. The van der Waals surface area contributed by atoms with Crippen molar-refractivity contribution in [2.75, 3.05) is 19.8 Å². The lowest BCUT2D eigenvalue weighted by molar-refractivity contribution is -0.337. The highest BCUT2D eigenvalue weighted by atomic mass is 16.7. The third kappa shape index (κ3) is 5.54. The predicted octanol–water partition coefficient (Wildman–Crippen LogP) is 5.67. The lowest BCUT2D eigenvalue weighted by atomic mass is 9.39. The van der Waals surface area contributed by atoms with E-state index in [0.717, 1.165) is 18.4 Å². The summed E-state index contributed by atoms with van der Waals surface area (Å²) in [5.74, 6) is -2.15. The number of carboxylic acid groups (broad SMARTS) is 1. The molecule has 13 rings (SSSR count). The number of phenols is 1. The van der Waals surface area contributed by atoms with Gasteiger partial charge in [-0.2, -0.15) is 0 Å². The molecule has 5 spiro atoms. The van der Waals surface area contributed by atoms with Crippen LogP contribution in [0.1, 0.15) is 136 Å². The summed E-state index contributed by atoms with van der Waals surface area (Å²) in [5, 5.41) is 70.8. The molecule has 9 fully saturated rings. The molecule has 11 aliphatic rings. The molecule has 0 aromatic heterocycles. The van der Waals surface area contributed by atoms with Crippen molar-refractivity contribution >= 4 is 22.5 Å². The van der Waals surface area contributed by atoms with Crippen molar-refractivity contribution in [1.29, 1.82) is 0 Å². The molecular weight excluding hydrogens is 857 g/mol. The number of ether oxygens (including phenoxy) is 4. The molecule has 0 radical (unpaired) electrons. The number of benzene rings is 2. The van der Waals surface area contributed by atoms with Crippen molar-refractivity contribution in [3.05, 3.63) is 57.7 Å². The molecule has 0 amide bonds. The van der Waals surface area contributed by atoms with Crippen LogP contribution in [0.4, 0.5) is 0 Å². The average Bonchev–Trinajstić information content (AvgIpc) is 4.06. The summed E-state index contributed by atoms with van der Waals surface area (Å²) in [4.78, 5) is 25.2. The first kappa shape index (κ1) is 43.6. The Hall–Kier alpha value is -3.44. The second kappa shape index (κ2) is 14.6. The fourth-order valence-electron chi connectivity index (χ4n) is 18.8. The zero-order chi connectivity index (χ0) is 46.2. The minimum atomic E-state index is -1.75. The maximum atomic E-state index is 13.0. The molecular formula is C53H66N2O12. The third-order valence-corrected chi connectivity index (χ3v) is 20.8. The highest BCUT2D eigenvalue weighted by Gasteiger charge is 2.77. The standard InChI is InChI=1S/C53H66N2O12/c1-26-16-28-17-29(46(62)63)18-36(39(28)41(59)38(26)27(2)57)65-47-42(60)44(61)53-20-33-40-31(35(67-53)9-8-34(58)45(53)66-47)6-7-32(40)51(14-15-56)25-64-22-30-19-48-23-50(13-5-12-49(50)10-3-4-11-49)21-37(48)54-55-52(33,24-48)43(30)51/h7,16-18,30,33-35,37,42-45,47,54-56,58-61H,3-6,8-15,19-25H2,1-2H3,(H,62,63)/t30-,33+,34-,35+,37-,42+,43+,44+,45+,47+,48-,50-,51-,52-,53-/m0/s1. The van der Waals surface area contributed by atoms with E-state index in [9.17, 15) is 40.2 Å². The summed E-state index contributed by atoms with van der Waals surface area (Å²) in [6.07, 6.45) is 10.2. The van der Waals surface area contributed by atoms with Gasteiger partial charge in [-0.05, 0) is 165 Å². The van der Waals surface area contributed by atoms with Crippen LogP contribution in [0.15, 0.2) is 41.0 Å². The van der Waals surface area contributed by atoms with Crippen LogP contribution in [0.5, 0.6) is 11.5 Å². The van der Waals surface area contributed by atoms with Crippen LogP contribution in [0.25, 0.3) is 10.8 Å². The largest absolute Gasteiger partial charge is 0.506 e. The number of ketones is 1. The fraction of sp³-hybridized carbons (Fsp3) is 0.698. The topological polar surface area (TPSA) is 216 Å². The number of aryl methyl sites for hydroxylation is 1. The number of aromatic carboxylic acids is 1. The Morgan fingerprint density at radius 3 is 2.54 bits per heavy atom. The number of allylic oxidation sites excluding steroid dienone is 1. The normalized spacial score (nSPS) is 45.3. The lowest BCUT2D eigenvalue weighted by Crippen LogP contribution is -2.81. The Labute approximate surface area is 390 Å². The van der Waals surface area contributed by atoms with E-state index in [4.69, 9.17) is 18.9 Å².